The zero-order chi connectivity index (χ0) is 24.5. The van der Waals surface area contributed by atoms with Crippen molar-refractivity contribution in [1.82, 2.24) is 14.9 Å². The molecular formula is C24H30Cl2N6O2. The average Bonchev–Trinajstić information content (AvgIpc) is 2.81. The number of nitrogens with two attached hydrogens (primary N) is 1. The van der Waals surface area contributed by atoms with E-state index in [1.165, 1.54) is 6.33 Å². The van der Waals surface area contributed by atoms with Crippen LogP contribution in [0.3, 0.4) is 0 Å². The van der Waals surface area contributed by atoms with Crippen molar-refractivity contribution in [2.45, 2.75) is 12.5 Å². The first-order chi connectivity index (χ1) is 16.4. The normalized spacial score (nSPS) is 12.0. The number of benzene rings is 2. The van der Waals surface area contributed by atoms with Crippen molar-refractivity contribution in [3.8, 4) is 5.75 Å². The van der Waals surface area contributed by atoms with E-state index in [-0.39, 0.29) is 6.61 Å². The molecule has 0 saturated carbocycles. The number of hydrogen-bond donors (Lipinski definition) is 3. The predicted molar refractivity (Wildman–Crippen MR) is 139 cm³/mol. The van der Waals surface area contributed by atoms with Crippen LogP contribution in [-0.4, -0.2) is 66.4 Å². The predicted octanol–water partition coefficient (Wildman–Crippen LogP) is 4.32. The summed E-state index contributed by atoms with van der Waals surface area (Å²) in [6.07, 6.45) is 1.69. The van der Waals surface area contributed by atoms with Crippen molar-refractivity contribution < 1.29 is 9.84 Å². The molecule has 1 atom stereocenters. The monoisotopic (exact) mass is 504 g/mol. The Morgan fingerprint density at radius 3 is 2.56 bits per heavy atom. The number of aromatic nitrogens is 2. The Balaban J connectivity index is 1.72. The van der Waals surface area contributed by atoms with Crippen LogP contribution < -0.4 is 20.7 Å². The van der Waals surface area contributed by atoms with E-state index < -0.39 is 6.10 Å². The molecule has 182 valence electrons. The molecule has 8 nitrogen and oxygen atoms in total. The molecule has 34 heavy (non-hydrogen) atoms. The minimum Gasteiger partial charge on any atom is -0.491 e. The molecular weight excluding hydrogens is 475 g/mol. The quantitative estimate of drug-likeness (QED) is 0.335. The molecule has 0 radical (unpaired) electrons. The lowest BCUT2D eigenvalue weighted by Gasteiger charge is -2.25. The Morgan fingerprint density at radius 1 is 1.09 bits per heavy atom. The topological polar surface area (TPSA) is 99.8 Å². The van der Waals surface area contributed by atoms with Gasteiger partial charge in [0, 0.05) is 29.9 Å². The summed E-state index contributed by atoms with van der Waals surface area (Å²) in [5, 5.41) is 14.4. The Hall–Kier alpha value is -2.62. The molecule has 4 N–H and O–H groups in total. The Kier molecular flexibility index (Phi) is 9.74. The van der Waals surface area contributed by atoms with Gasteiger partial charge in [-0.15, -0.1) is 0 Å². The first-order valence-corrected chi connectivity index (χ1v) is 11.7. The van der Waals surface area contributed by atoms with E-state index in [1.54, 1.807) is 12.1 Å². The van der Waals surface area contributed by atoms with Crippen molar-refractivity contribution in [3.63, 3.8) is 0 Å². The molecule has 3 aromatic rings. The highest BCUT2D eigenvalue weighted by Gasteiger charge is 2.15. The molecule has 0 aliphatic rings. The number of rotatable bonds is 12. The molecule has 0 bridgehead atoms. The molecule has 10 heteroatoms. The molecule has 0 spiro atoms. The first-order valence-electron chi connectivity index (χ1n) is 10.9. The van der Waals surface area contributed by atoms with Crippen LogP contribution in [0.1, 0.15) is 6.42 Å². The molecule has 0 aliphatic heterocycles. The van der Waals surface area contributed by atoms with Gasteiger partial charge in [0.05, 0.1) is 10.7 Å². The third-order valence-electron chi connectivity index (χ3n) is 4.86. The largest absolute Gasteiger partial charge is 0.491 e. The fourth-order valence-electron chi connectivity index (χ4n) is 3.31. The van der Waals surface area contributed by atoms with Crippen molar-refractivity contribution >= 4 is 46.2 Å². The van der Waals surface area contributed by atoms with Gasteiger partial charge in [-0.3, -0.25) is 0 Å². The molecule has 0 aliphatic carbocycles. The van der Waals surface area contributed by atoms with E-state index in [0.29, 0.717) is 47.1 Å². The summed E-state index contributed by atoms with van der Waals surface area (Å²) in [5.74, 6) is 1.97. The lowest BCUT2D eigenvalue weighted by molar-refractivity contribution is 0.0831. The molecule has 1 unspecified atom stereocenters. The van der Waals surface area contributed by atoms with Gasteiger partial charge in [0.1, 0.15) is 36.4 Å². The maximum atomic E-state index is 9.95. The highest BCUT2D eigenvalue weighted by molar-refractivity contribution is 6.35. The number of ether oxygens (including phenoxy) is 1. The minimum absolute atomic E-state index is 0.227. The summed E-state index contributed by atoms with van der Waals surface area (Å²) < 4.78 is 5.66. The van der Waals surface area contributed by atoms with E-state index in [1.807, 2.05) is 60.3 Å². The van der Waals surface area contributed by atoms with Crippen LogP contribution in [0.15, 0.2) is 54.9 Å². The summed E-state index contributed by atoms with van der Waals surface area (Å²) in [6, 6.07) is 14.6. The number of anilines is 4. The second kappa shape index (κ2) is 12.7. The number of halogens is 2. The molecule has 1 aromatic heterocycles. The number of aliphatic hydroxyl groups is 1. The molecule has 2 aromatic carbocycles. The molecule has 0 saturated heterocycles. The van der Waals surface area contributed by atoms with Crippen LogP contribution in [0.25, 0.3) is 0 Å². The van der Waals surface area contributed by atoms with E-state index in [0.717, 1.165) is 17.8 Å². The number of aliphatic hydroxyl groups excluding tert-OH is 1. The van der Waals surface area contributed by atoms with Crippen LogP contribution in [0.2, 0.25) is 10.0 Å². The highest BCUT2D eigenvalue weighted by atomic mass is 35.5. The summed E-state index contributed by atoms with van der Waals surface area (Å²) >= 11 is 12.7. The Morgan fingerprint density at radius 2 is 1.85 bits per heavy atom. The van der Waals surface area contributed by atoms with Gasteiger partial charge in [-0.1, -0.05) is 23.2 Å². The Bertz CT molecular complexity index is 1050. The number of likely N-dealkylation sites (N-methyl/N-ethyl adjacent to an activating group) is 1. The summed E-state index contributed by atoms with van der Waals surface area (Å²) in [4.78, 5) is 12.7. The van der Waals surface area contributed by atoms with Gasteiger partial charge < -0.3 is 30.7 Å². The number of hydrogen-bond acceptors (Lipinski definition) is 8. The number of nitrogens with one attached hydrogen (secondary N) is 1. The second-order valence-electron chi connectivity index (χ2n) is 8.03. The van der Waals surface area contributed by atoms with E-state index in [2.05, 4.69) is 15.3 Å². The van der Waals surface area contributed by atoms with Gasteiger partial charge in [0.15, 0.2) is 0 Å². The maximum Gasteiger partial charge on any atom is 0.138 e. The first kappa shape index (κ1) is 26.0. The third-order valence-corrected chi connectivity index (χ3v) is 5.41. The molecule has 0 amide bonds. The summed E-state index contributed by atoms with van der Waals surface area (Å²) in [5.41, 5.74) is 7.34. The lowest BCUT2D eigenvalue weighted by atomic mass is 10.2. The average molecular weight is 505 g/mol. The van der Waals surface area contributed by atoms with Crippen LogP contribution in [0.4, 0.5) is 23.0 Å². The summed E-state index contributed by atoms with van der Waals surface area (Å²) in [7, 11) is 3.81. The van der Waals surface area contributed by atoms with Crippen LogP contribution in [0.5, 0.6) is 5.75 Å². The van der Waals surface area contributed by atoms with Crippen molar-refractivity contribution in [3.05, 3.63) is 64.9 Å². The van der Waals surface area contributed by atoms with Gasteiger partial charge in [0.25, 0.3) is 0 Å². The standard InChI is InChI=1S/C24H30Cl2N6O2/c1-31(2)14-19(33)15-34-20-7-5-18(6-8-20)30-23-13-24(29-16-28-23)32(11-3-10-27)22-12-17(25)4-9-21(22)26/h4-9,12-13,16,19,33H,3,10-11,14-15,27H2,1-2H3,(H,28,29,30). The van der Waals surface area contributed by atoms with Gasteiger partial charge in [0.2, 0.25) is 0 Å². The van der Waals surface area contributed by atoms with Gasteiger partial charge in [-0.25, -0.2) is 9.97 Å². The lowest BCUT2D eigenvalue weighted by Crippen LogP contribution is -2.30. The van der Waals surface area contributed by atoms with Crippen molar-refractivity contribution in [1.29, 1.82) is 0 Å². The fourth-order valence-corrected chi connectivity index (χ4v) is 3.70. The molecule has 3 rings (SSSR count). The SMILES string of the molecule is CN(C)CC(O)COc1ccc(Nc2cc(N(CCCN)c3cc(Cl)ccc3Cl)ncn2)cc1. The van der Waals surface area contributed by atoms with Gasteiger partial charge in [-0.05, 0) is 69.5 Å². The Labute approximate surface area is 210 Å². The molecule has 1 heterocycles. The number of nitrogens with zero attached hydrogens (tertiary/aromatic N) is 4. The zero-order valence-electron chi connectivity index (χ0n) is 19.3. The smallest absolute Gasteiger partial charge is 0.138 e. The second-order valence-corrected chi connectivity index (χ2v) is 8.87. The zero-order valence-corrected chi connectivity index (χ0v) is 20.8. The minimum atomic E-state index is -0.553. The van der Waals surface area contributed by atoms with Crippen LogP contribution >= 0.6 is 23.2 Å². The van der Waals surface area contributed by atoms with E-state index in [4.69, 9.17) is 33.7 Å². The summed E-state index contributed by atoms with van der Waals surface area (Å²) in [6.45, 7) is 1.92. The van der Waals surface area contributed by atoms with Crippen LogP contribution in [0, 0.1) is 0 Å². The maximum absolute atomic E-state index is 9.95. The van der Waals surface area contributed by atoms with Gasteiger partial charge in [-0.2, -0.15) is 0 Å². The van der Waals surface area contributed by atoms with Crippen molar-refractivity contribution in [2.24, 2.45) is 5.73 Å². The highest BCUT2D eigenvalue weighted by Crippen LogP contribution is 2.34. The fraction of sp³-hybridized carbons (Fsp3) is 0.333. The van der Waals surface area contributed by atoms with Gasteiger partial charge >= 0.3 is 0 Å². The van der Waals surface area contributed by atoms with Crippen LogP contribution in [-0.2, 0) is 0 Å². The van der Waals surface area contributed by atoms with E-state index >= 15 is 0 Å². The van der Waals surface area contributed by atoms with E-state index in [9.17, 15) is 5.11 Å². The molecule has 0 fully saturated rings. The third kappa shape index (κ3) is 7.72. The van der Waals surface area contributed by atoms with Crippen molar-refractivity contribution in [2.75, 3.05) is 50.6 Å².